The molecule has 1 atom stereocenters. The molecule has 3 rings (SSSR count). The predicted molar refractivity (Wildman–Crippen MR) is 78.4 cm³/mol. The number of hydrogen-bond donors (Lipinski definition) is 0. The van der Waals surface area contributed by atoms with Crippen LogP contribution in [0.5, 0.6) is 0 Å². The average molecular weight is 344 g/mol. The lowest BCUT2D eigenvalue weighted by atomic mass is 9.79. The molecule has 0 amide bonds. The summed E-state index contributed by atoms with van der Waals surface area (Å²) in [6, 6.07) is 7.20. The highest BCUT2D eigenvalue weighted by atomic mass is 79.9. The third-order valence-corrected chi connectivity index (χ3v) is 6.83. The topological polar surface area (TPSA) is 37.4 Å². The molecule has 1 heterocycles. The lowest BCUT2D eigenvalue weighted by Gasteiger charge is -2.36. The summed E-state index contributed by atoms with van der Waals surface area (Å²) in [6.45, 7) is 0.680. The summed E-state index contributed by atoms with van der Waals surface area (Å²) in [4.78, 5) is 0.418. The van der Waals surface area contributed by atoms with Crippen LogP contribution < -0.4 is 0 Å². The first-order valence-electron chi connectivity index (χ1n) is 6.86. The fourth-order valence-electron chi connectivity index (χ4n) is 3.10. The van der Waals surface area contributed by atoms with Crippen LogP contribution in [0.3, 0.4) is 0 Å². The maximum absolute atomic E-state index is 12.7. The predicted octanol–water partition coefficient (Wildman–Crippen LogP) is 3.40. The largest absolute Gasteiger partial charge is 0.243 e. The van der Waals surface area contributed by atoms with Crippen LogP contribution in [0.2, 0.25) is 0 Å². The molecule has 1 unspecified atom stereocenters. The van der Waals surface area contributed by atoms with Crippen LogP contribution in [0.15, 0.2) is 33.6 Å². The molecular formula is C14H18BrNO2S. The number of benzene rings is 1. The second-order valence-electron chi connectivity index (χ2n) is 5.47. The highest BCUT2D eigenvalue weighted by Crippen LogP contribution is 2.39. The number of sulfonamides is 1. The Kier molecular flexibility index (Phi) is 3.71. The average Bonchev–Trinajstić information content (AvgIpc) is 2.77. The first-order valence-corrected chi connectivity index (χ1v) is 9.10. The molecule has 0 bridgehead atoms. The van der Waals surface area contributed by atoms with E-state index in [9.17, 15) is 8.42 Å². The van der Waals surface area contributed by atoms with Gasteiger partial charge in [-0.3, -0.25) is 0 Å². The quantitative estimate of drug-likeness (QED) is 0.843. The number of halogens is 1. The van der Waals surface area contributed by atoms with Crippen LogP contribution >= 0.6 is 15.9 Å². The van der Waals surface area contributed by atoms with Crippen LogP contribution in [0.25, 0.3) is 0 Å². The first-order chi connectivity index (χ1) is 9.09. The molecule has 5 heteroatoms. The van der Waals surface area contributed by atoms with Crippen molar-refractivity contribution in [3.05, 3.63) is 28.7 Å². The fourth-order valence-corrected chi connectivity index (χ4v) is 5.12. The van der Waals surface area contributed by atoms with Crippen molar-refractivity contribution in [3.8, 4) is 0 Å². The molecule has 2 aliphatic rings. The molecule has 1 aromatic carbocycles. The molecule has 0 radical (unpaired) electrons. The Bertz CT molecular complexity index is 551. The summed E-state index contributed by atoms with van der Waals surface area (Å²) in [7, 11) is -3.31. The summed E-state index contributed by atoms with van der Waals surface area (Å²) in [5.74, 6) is 0.590. The van der Waals surface area contributed by atoms with E-state index in [1.807, 2.05) is 0 Å². The minimum absolute atomic E-state index is 0.238. The van der Waals surface area contributed by atoms with Crippen LogP contribution in [0.4, 0.5) is 0 Å². The minimum Gasteiger partial charge on any atom is -0.207 e. The number of hydrogen-bond acceptors (Lipinski definition) is 2. The van der Waals surface area contributed by atoms with Crippen molar-refractivity contribution in [2.75, 3.05) is 6.54 Å². The Morgan fingerprint density at radius 2 is 1.74 bits per heavy atom. The molecule has 19 heavy (non-hydrogen) atoms. The maximum Gasteiger partial charge on any atom is 0.243 e. The van der Waals surface area contributed by atoms with Gasteiger partial charge < -0.3 is 0 Å². The molecule has 1 aliphatic carbocycles. The van der Waals surface area contributed by atoms with E-state index in [0.717, 1.165) is 17.3 Å². The Morgan fingerprint density at radius 3 is 2.32 bits per heavy atom. The van der Waals surface area contributed by atoms with Gasteiger partial charge in [-0.2, -0.15) is 4.31 Å². The van der Waals surface area contributed by atoms with Gasteiger partial charge in [-0.05, 0) is 55.9 Å². The van der Waals surface area contributed by atoms with Gasteiger partial charge in [0, 0.05) is 17.1 Å². The van der Waals surface area contributed by atoms with Gasteiger partial charge in [-0.15, -0.1) is 0 Å². The summed E-state index contributed by atoms with van der Waals surface area (Å²) in [6.07, 6.45) is 5.67. The fraction of sp³-hybridized carbons (Fsp3) is 0.571. The molecule has 0 aromatic heterocycles. The zero-order valence-corrected chi connectivity index (χ0v) is 13.2. The molecular weight excluding hydrogens is 326 g/mol. The minimum atomic E-state index is -3.31. The van der Waals surface area contributed by atoms with Crippen LogP contribution in [-0.4, -0.2) is 25.3 Å². The highest BCUT2D eigenvalue weighted by molar-refractivity contribution is 9.10. The van der Waals surface area contributed by atoms with Crippen molar-refractivity contribution in [1.82, 2.24) is 4.31 Å². The monoisotopic (exact) mass is 343 g/mol. The molecule has 104 valence electrons. The molecule has 0 spiro atoms. The number of nitrogens with zero attached hydrogens (tertiary/aromatic N) is 1. The van der Waals surface area contributed by atoms with Gasteiger partial charge in [-0.25, -0.2) is 8.42 Å². The van der Waals surface area contributed by atoms with E-state index in [4.69, 9.17) is 0 Å². The highest BCUT2D eigenvalue weighted by Gasteiger charge is 2.41. The Morgan fingerprint density at radius 1 is 1.05 bits per heavy atom. The summed E-state index contributed by atoms with van der Waals surface area (Å²) >= 11 is 3.34. The molecule has 1 saturated carbocycles. The van der Waals surface area contributed by atoms with Crippen molar-refractivity contribution in [1.29, 1.82) is 0 Å². The molecule has 1 aromatic rings. The summed E-state index contributed by atoms with van der Waals surface area (Å²) in [5, 5.41) is 0. The van der Waals surface area contributed by atoms with E-state index in [0.29, 0.717) is 17.4 Å². The second kappa shape index (κ2) is 5.19. The van der Waals surface area contributed by atoms with E-state index in [2.05, 4.69) is 15.9 Å². The molecule has 1 saturated heterocycles. The first kappa shape index (κ1) is 13.6. The van der Waals surface area contributed by atoms with Crippen LogP contribution in [-0.2, 0) is 10.0 Å². The standard InChI is InChI=1S/C14H18BrNO2S/c15-12-6-8-13(9-7-12)19(17,18)16-10-2-5-14(16)11-3-1-4-11/h6-9,11,14H,1-5,10H2. The Balaban J connectivity index is 1.88. The van der Waals surface area contributed by atoms with E-state index in [1.54, 1.807) is 28.6 Å². The van der Waals surface area contributed by atoms with Gasteiger partial charge >= 0.3 is 0 Å². The Hall–Kier alpha value is -0.390. The van der Waals surface area contributed by atoms with Gasteiger partial charge in [0.05, 0.1) is 4.90 Å². The second-order valence-corrected chi connectivity index (χ2v) is 8.28. The van der Waals surface area contributed by atoms with Gasteiger partial charge in [0.25, 0.3) is 0 Å². The SMILES string of the molecule is O=S(=O)(c1ccc(Br)cc1)N1CCCC1C1CCC1. The zero-order valence-electron chi connectivity index (χ0n) is 10.8. The molecule has 2 fully saturated rings. The smallest absolute Gasteiger partial charge is 0.207 e. The van der Waals surface area contributed by atoms with Crippen molar-refractivity contribution in [2.24, 2.45) is 5.92 Å². The van der Waals surface area contributed by atoms with E-state index in [-0.39, 0.29) is 6.04 Å². The van der Waals surface area contributed by atoms with Crippen molar-refractivity contribution >= 4 is 26.0 Å². The Labute approximate surface area is 123 Å². The molecule has 1 aliphatic heterocycles. The van der Waals surface area contributed by atoms with Gasteiger partial charge in [0.2, 0.25) is 10.0 Å². The van der Waals surface area contributed by atoms with Crippen LogP contribution in [0.1, 0.15) is 32.1 Å². The molecule has 0 N–H and O–H groups in total. The zero-order chi connectivity index (χ0) is 13.5. The van der Waals surface area contributed by atoms with Crippen molar-refractivity contribution < 1.29 is 8.42 Å². The van der Waals surface area contributed by atoms with Crippen LogP contribution in [0, 0.1) is 5.92 Å². The van der Waals surface area contributed by atoms with Gasteiger partial charge in [-0.1, -0.05) is 22.4 Å². The third-order valence-electron chi connectivity index (χ3n) is 4.36. The third kappa shape index (κ3) is 2.48. The summed E-state index contributed by atoms with van der Waals surface area (Å²) in [5.41, 5.74) is 0. The summed E-state index contributed by atoms with van der Waals surface area (Å²) < 4.78 is 28.1. The van der Waals surface area contributed by atoms with E-state index in [1.165, 1.54) is 19.3 Å². The van der Waals surface area contributed by atoms with Crippen molar-refractivity contribution in [3.63, 3.8) is 0 Å². The lowest BCUT2D eigenvalue weighted by Crippen LogP contribution is -2.42. The van der Waals surface area contributed by atoms with E-state index >= 15 is 0 Å². The van der Waals surface area contributed by atoms with E-state index < -0.39 is 10.0 Å². The molecule has 3 nitrogen and oxygen atoms in total. The number of rotatable bonds is 3. The van der Waals surface area contributed by atoms with Gasteiger partial charge in [0.15, 0.2) is 0 Å². The van der Waals surface area contributed by atoms with Crippen molar-refractivity contribution in [2.45, 2.75) is 43.0 Å². The van der Waals surface area contributed by atoms with Gasteiger partial charge in [0.1, 0.15) is 0 Å². The maximum atomic E-state index is 12.7. The normalized spacial score (nSPS) is 25.4. The lowest BCUT2D eigenvalue weighted by molar-refractivity contribution is 0.191.